The number of anilines is 2. The minimum atomic E-state index is -4.25. The molecule has 0 bridgehead atoms. The van der Waals surface area contributed by atoms with Crippen LogP contribution in [-0.4, -0.2) is 24.2 Å². The standard InChI is InChI=1S/C18H23N5O5S/c1-4-14-9-16(17(5-2)28-14)20-18(24)21-29(25,26)23(12-15-7-6-8-27-15)13-10-19-22(3)11-13/h6-11H,4-5,12H2,1-3H3,(H2,20,21,24). The van der Waals surface area contributed by atoms with Crippen LogP contribution in [0.15, 0.2) is 45.7 Å². The quantitative estimate of drug-likeness (QED) is 0.577. The molecule has 10 nitrogen and oxygen atoms in total. The molecule has 0 spiro atoms. The Morgan fingerprint density at radius 3 is 2.66 bits per heavy atom. The number of carbonyl (C=O) groups is 1. The van der Waals surface area contributed by atoms with Gasteiger partial charge in [0.15, 0.2) is 0 Å². The first-order chi connectivity index (χ1) is 13.8. The fourth-order valence-electron chi connectivity index (χ4n) is 2.74. The Morgan fingerprint density at radius 1 is 1.28 bits per heavy atom. The second kappa shape index (κ2) is 8.43. The maximum absolute atomic E-state index is 12.9. The Kier molecular flexibility index (Phi) is 5.97. The third-order valence-electron chi connectivity index (χ3n) is 4.15. The first-order valence-corrected chi connectivity index (χ1v) is 10.5. The fourth-order valence-corrected chi connectivity index (χ4v) is 3.81. The van der Waals surface area contributed by atoms with Gasteiger partial charge in [-0.05, 0) is 12.1 Å². The normalized spacial score (nSPS) is 11.4. The van der Waals surface area contributed by atoms with Gasteiger partial charge in [0, 0.05) is 32.2 Å². The van der Waals surface area contributed by atoms with Crippen LogP contribution in [0.2, 0.25) is 0 Å². The average molecular weight is 421 g/mol. The number of urea groups is 1. The molecule has 0 fully saturated rings. The number of aryl methyl sites for hydroxylation is 3. The lowest BCUT2D eigenvalue weighted by molar-refractivity contribution is 0.256. The molecule has 0 aliphatic rings. The Bertz CT molecular complexity index is 1070. The Labute approximate surface area is 168 Å². The summed E-state index contributed by atoms with van der Waals surface area (Å²) in [6, 6.07) is 4.09. The maximum atomic E-state index is 12.9. The van der Waals surface area contributed by atoms with Crippen molar-refractivity contribution in [3.05, 3.63) is 54.1 Å². The monoisotopic (exact) mass is 421 g/mol. The van der Waals surface area contributed by atoms with E-state index in [0.717, 1.165) is 4.31 Å². The topological polar surface area (TPSA) is 123 Å². The minimum absolute atomic E-state index is 0.104. The molecule has 0 aliphatic carbocycles. The SMILES string of the molecule is CCc1cc(NC(=O)NS(=O)(=O)N(Cc2ccco2)c2cnn(C)c2)c(CC)o1. The molecule has 2 N–H and O–H groups in total. The molecule has 0 aliphatic heterocycles. The molecule has 0 atom stereocenters. The van der Waals surface area contributed by atoms with Crippen LogP contribution in [0, 0.1) is 0 Å². The van der Waals surface area contributed by atoms with E-state index >= 15 is 0 Å². The number of hydrogen-bond acceptors (Lipinski definition) is 6. The molecule has 3 aromatic heterocycles. The molecule has 3 heterocycles. The number of hydrogen-bond donors (Lipinski definition) is 2. The lowest BCUT2D eigenvalue weighted by Crippen LogP contribution is -2.45. The van der Waals surface area contributed by atoms with E-state index < -0.39 is 16.2 Å². The van der Waals surface area contributed by atoms with E-state index in [9.17, 15) is 13.2 Å². The van der Waals surface area contributed by atoms with E-state index in [-0.39, 0.29) is 12.2 Å². The molecule has 0 radical (unpaired) electrons. The van der Waals surface area contributed by atoms with Crippen molar-refractivity contribution < 1.29 is 22.0 Å². The van der Waals surface area contributed by atoms with Crippen molar-refractivity contribution in [3.63, 3.8) is 0 Å². The van der Waals surface area contributed by atoms with Gasteiger partial charge >= 0.3 is 16.2 Å². The predicted octanol–water partition coefficient (Wildman–Crippen LogP) is 2.80. The first kappa shape index (κ1) is 20.5. The van der Waals surface area contributed by atoms with Crippen molar-refractivity contribution in [1.29, 1.82) is 0 Å². The second-order valence-corrected chi connectivity index (χ2v) is 7.87. The second-order valence-electron chi connectivity index (χ2n) is 6.28. The molecule has 2 amide bonds. The Balaban J connectivity index is 1.80. The van der Waals surface area contributed by atoms with Crippen LogP contribution in [0.25, 0.3) is 0 Å². The summed E-state index contributed by atoms with van der Waals surface area (Å²) in [5, 5.41) is 6.55. The average Bonchev–Trinajstić information content (AvgIpc) is 3.40. The van der Waals surface area contributed by atoms with Crippen molar-refractivity contribution in [1.82, 2.24) is 14.5 Å². The van der Waals surface area contributed by atoms with Crippen LogP contribution in [0.3, 0.4) is 0 Å². The van der Waals surface area contributed by atoms with Gasteiger partial charge in [-0.1, -0.05) is 13.8 Å². The number of aromatic nitrogens is 2. The third-order valence-corrected chi connectivity index (χ3v) is 5.51. The highest BCUT2D eigenvalue weighted by Gasteiger charge is 2.27. The molecule has 29 heavy (non-hydrogen) atoms. The van der Waals surface area contributed by atoms with Gasteiger partial charge in [-0.15, -0.1) is 0 Å². The van der Waals surface area contributed by atoms with Gasteiger partial charge in [0.25, 0.3) is 0 Å². The van der Waals surface area contributed by atoms with Crippen molar-refractivity contribution in [3.8, 4) is 0 Å². The third kappa shape index (κ3) is 4.80. The van der Waals surface area contributed by atoms with Gasteiger partial charge < -0.3 is 14.2 Å². The molecule has 0 saturated heterocycles. The summed E-state index contributed by atoms with van der Waals surface area (Å²) >= 11 is 0. The van der Waals surface area contributed by atoms with E-state index in [1.54, 1.807) is 25.2 Å². The zero-order valence-corrected chi connectivity index (χ0v) is 17.2. The van der Waals surface area contributed by atoms with Crippen LogP contribution in [0.5, 0.6) is 0 Å². The largest absolute Gasteiger partial charge is 0.467 e. The van der Waals surface area contributed by atoms with E-state index in [0.29, 0.717) is 35.8 Å². The molecule has 11 heteroatoms. The van der Waals surface area contributed by atoms with Gasteiger partial charge in [0.2, 0.25) is 0 Å². The van der Waals surface area contributed by atoms with Crippen LogP contribution in [0.4, 0.5) is 16.2 Å². The van der Waals surface area contributed by atoms with Gasteiger partial charge in [0.05, 0.1) is 30.4 Å². The molecule has 3 rings (SSSR count). The lowest BCUT2D eigenvalue weighted by Gasteiger charge is -2.22. The lowest BCUT2D eigenvalue weighted by atomic mass is 10.3. The van der Waals surface area contributed by atoms with Gasteiger partial charge in [0.1, 0.15) is 17.3 Å². The number of amides is 2. The molecule has 0 aromatic carbocycles. The minimum Gasteiger partial charge on any atom is -0.467 e. The Hall–Kier alpha value is -3.21. The summed E-state index contributed by atoms with van der Waals surface area (Å²) in [5.74, 6) is 1.69. The zero-order chi connectivity index (χ0) is 21.0. The van der Waals surface area contributed by atoms with E-state index in [4.69, 9.17) is 8.83 Å². The van der Waals surface area contributed by atoms with Crippen LogP contribution >= 0.6 is 0 Å². The van der Waals surface area contributed by atoms with Crippen molar-refractivity contribution >= 4 is 27.6 Å². The smallest absolute Gasteiger partial charge is 0.334 e. The molecule has 0 unspecified atom stereocenters. The maximum Gasteiger partial charge on any atom is 0.334 e. The number of furan rings is 2. The van der Waals surface area contributed by atoms with Crippen LogP contribution in [0.1, 0.15) is 31.1 Å². The van der Waals surface area contributed by atoms with Crippen LogP contribution in [-0.2, 0) is 36.6 Å². The van der Waals surface area contributed by atoms with Gasteiger partial charge in [-0.2, -0.15) is 13.5 Å². The van der Waals surface area contributed by atoms with Crippen molar-refractivity contribution in [2.75, 3.05) is 9.62 Å². The summed E-state index contributed by atoms with van der Waals surface area (Å²) in [6.07, 6.45) is 5.58. The summed E-state index contributed by atoms with van der Waals surface area (Å²) < 4.78 is 41.2. The molecular formula is C18H23N5O5S. The molecule has 3 aromatic rings. The first-order valence-electron chi connectivity index (χ1n) is 9.06. The van der Waals surface area contributed by atoms with Crippen LogP contribution < -0.4 is 14.3 Å². The number of carbonyl (C=O) groups excluding carboxylic acids is 1. The summed E-state index contributed by atoms with van der Waals surface area (Å²) in [5.41, 5.74) is 0.728. The summed E-state index contributed by atoms with van der Waals surface area (Å²) in [7, 11) is -2.58. The number of nitrogens with zero attached hydrogens (tertiary/aromatic N) is 3. The molecule has 0 saturated carbocycles. The van der Waals surface area contributed by atoms with Gasteiger partial charge in [-0.25, -0.2) is 13.8 Å². The molecule has 156 valence electrons. The van der Waals surface area contributed by atoms with E-state index in [2.05, 4.69) is 10.4 Å². The van der Waals surface area contributed by atoms with Crippen molar-refractivity contribution in [2.45, 2.75) is 33.2 Å². The zero-order valence-electron chi connectivity index (χ0n) is 16.4. The van der Waals surface area contributed by atoms with E-state index in [1.807, 2.05) is 18.6 Å². The van der Waals surface area contributed by atoms with E-state index in [1.165, 1.54) is 23.3 Å². The summed E-state index contributed by atoms with van der Waals surface area (Å²) in [6.45, 7) is 3.70. The summed E-state index contributed by atoms with van der Waals surface area (Å²) in [4.78, 5) is 12.4. The number of nitrogens with one attached hydrogen (secondary N) is 2. The molecular weight excluding hydrogens is 398 g/mol. The predicted molar refractivity (Wildman–Crippen MR) is 107 cm³/mol. The Morgan fingerprint density at radius 2 is 2.07 bits per heavy atom. The highest BCUT2D eigenvalue weighted by Crippen LogP contribution is 2.23. The fraction of sp³-hybridized carbons (Fsp3) is 0.333. The highest BCUT2D eigenvalue weighted by atomic mass is 32.2. The number of rotatable bonds is 8. The van der Waals surface area contributed by atoms with Crippen molar-refractivity contribution in [2.24, 2.45) is 7.05 Å². The highest BCUT2D eigenvalue weighted by molar-refractivity contribution is 7.91. The van der Waals surface area contributed by atoms with Gasteiger partial charge in [-0.3, -0.25) is 4.68 Å².